The van der Waals surface area contributed by atoms with E-state index in [4.69, 9.17) is 17.3 Å². The maximum Gasteiger partial charge on any atom is 0.144 e. The quantitative estimate of drug-likeness (QED) is 0.415. The van der Waals surface area contributed by atoms with Crippen LogP contribution in [0.5, 0.6) is 0 Å². The number of hydrogen-bond acceptors (Lipinski definition) is 3. The smallest absolute Gasteiger partial charge is 0.144 e. The summed E-state index contributed by atoms with van der Waals surface area (Å²) in [7, 11) is 5.62. The van der Waals surface area contributed by atoms with Gasteiger partial charge >= 0.3 is 0 Å². The second kappa shape index (κ2) is 2.89. The fourth-order valence-electron chi connectivity index (χ4n) is 1.54. The third-order valence-corrected chi connectivity index (χ3v) is 3.48. The summed E-state index contributed by atoms with van der Waals surface area (Å²) in [4.78, 5) is 0. The van der Waals surface area contributed by atoms with E-state index in [0.717, 1.165) is 0 Å². The first-order valence-electron chi connectivity index (χ1n) is 3.70. The normalized spacial score (nSPS) is 50.7. The predicted octanol–water partition coefficient (Wildman–Crippen LogP) is -0.0416. The van der Waals surface area contributed by atoms with Gasteiger partial charge in [0.2, 0.25) is 0 Å². The highest BCUT2D eigenvalue weighted by Gasteiger charge is 2.53. The van der Waals surface area contributed by atoms with Crippen LogP contribution in [-0.4, -0.2) is 41.2 Å². The SMILES string of the molecule is [B][C@@H]1O[C@@]2(CI)C=COC1C2O. The second-order valence-corrected chi connectivity index (χ2v) is 3.78. The van der Waals surface area contributed by atoms with Crippen molar-refractivity contribution in [3.8, 4) is 0 Å². The lowest BCUT2D eigenvalue weighted by atomic mass is 9.89. The molecule has 0 aromatic carbocycles. The number of rotatable bonds is 1. The molecule has 0 amide bonds. The molecular weight excluding hydrogens is 270 g/mol. The van der Waals surface area contributed by atoms with Crippen molar-refractivity contribution in [1.29, 1.82) is 0 Å². The zero-order valence-corrected chi connectivity index (χ0v) is 8.47. The molecule has 2 heterocycles. The van der Waals surface area contributed by atoms with Crippen molar-refractivity contribution in [2.24, 2.45) is 0 Å². The number of hydrogen-bond donors (Lipinski definition) is 1. The minimum absolute atomic E-state index is 0.412. The standard InChI is InChI=1S/C7H8BIO3/c8-6-4-5(10)7(3-9,12-6)1-2-11-4/h1-2,4-6,10H,3H2/t4?,5?,6-,7-/m1/s1. The topological polar surface area (TPSA) is 38.7 Å². The lowest BCUT2D eigenvalue weighted by molar-refractivity contribution is -0.0286. The number of aliphatic hydroxyl groups excluding tert-OH is 1. The van der Waals surface area contributed by atoms with Gasteiger partial charge in [0.1, 0.15) is 25.7 Å². The van der Waals surface area contributed by atoms with Gasteiger partial charge in [0, 0.05) is 4.43 Å². The predicted molar refractivity (Wildman–Crippen MR) is 52.3 cm³/mol. The zero-order valence-electron chi connectivity index (χ0n) is 6.31. The van der Waals surface area contributed by atoms with E-state index in [1.807, 2.05) is 0 Å². The molecule has 12 heavy (non-hydrogen) atoms. The fourth-order valence-corrected chi connectivity index (χ4v) is 2.42. The van der Waals surface area contributed by atoms with E-state index in [0.29, 0.717) is 4.43 Å². The van der Waals surface area contributed by atoms with Crippen LogP contribution in [0.1, 0.15) is 0 Å². The van der Waals surface area contributed by atoms with E-state index >= 15 is 0 Å². The largest absolute Gasteiger partial charge is 0.494 e. The Morgan fingerprint density at radius 2 is 2.42 bits per heavy atom. The van der Waals surface area contributed by atoms with Gasteiger partial charge in [-0.2, -0.15) is 0 Å². The Morgan fingerprint density at radius 3 is 3.00 bits per heavy atom. The van der Waals surface area contributed by atoms with Gasteiger partial charge in [0.25, 0.3) is 0 Å². The molecule has 64 valence electrons. The van der Waals surface area contributed by atoms with E-state index in [-0.39, 0.29) is 0 Å². The summed E-state index contributed by atoms with van der Waals surface area (Å²) in [5.41, 5.74) is -0.622. The Kier molecular flexibility index (Phi) is 2.12. The van der Waals surface area contributed by atoms with Gasteiger partial charge in [-0.05, 0) is 6.08 Å². The Bertz CT molecular complexity index is 223. The number of alkyl halides is 1. The van der Waals surface area contributed by atoms with E-state index < -0.39 is 23.8 Å². The molecule has 2 aliphatic heterocycles. The Morgan fingerprint density at radius 1 is 1.67 bits per heavy atom. The van der Waals surface area contributed by atoms with Crippen LogP contribution in [0.25, 0.3) is 0 Å². The molecule has 2 bridgehead atoms. The van der Waals surface area contributed by atoms with Gasteiger partial charge in [-0.15, -0.1) is 0 Å². The van der Waals surface area contributed by atoms with E-state index in [2.05, 4.69) is 22.6 Å². The lowest BCUT2D eigenvalue weighted by Crippen LogP contribution is -2.45. The molecular formula is C7H8BIO3. The Balaban J connectivity index is 2.33. The maximum atomic E-state index is 9.74. The minimum atomic E-state index is -0.644. The first kappa shape index (κ1) is 8.84. The highest BCUT2D eigenvalue weighted by molar-refractivity contribution is 14.1. The highest BCUT2D eigenvalue weighted by Crippen LogP contribution is 2.37. The van der Waals surface area contributed by atoms with Crippen molar-refractivity contribution in [3.05, 3.63) is 12.3 Å². The third-order valence-electron chi connectivity index (χ3n) is 2.29. The minimum Gasteiger partial charge on any atom is -0.494 e. The number of halogens is 1. The van der Waals surface area contributed by atoms with Crippen molar-refractivity contribution >= 4 is 30.4 Å². The summed E-state index contributed by atoms with van der Waals surface area (Å²) in [5, 5.41) is 9.74. The Labute approximate surface area is 85.7 Å². The summed E-state index contributed by atoms with van der Waals surface area (Å²) in [5.74, 6) is 0. The van der Waals surface area contributed by atoms with E-state index in [1.165, 1.54) is 0 Å². The molecule has 0 aromatic rings. The van der Waals surface area contributed by atoms with E-state index in [1.54, 1.807) is 12.3 Å². The molecule has 5 heteroatoms. The number of aliphatic hydroxyl groups is 1. The summed E-state index contributed by atoms with van der Waals surface area (Å²) < 4.78 is 11.3. The molecule has 1 fully saturated rings. The average molecular weight is 278 g/mol. The molecule has 1 N–H and O–H groups in total. The molecule has 4 atom stereocenters. The molecule has 2 radical (unpaired) electrons. The molecule has 3 nitrogen and oxygen atoms in total. The van der Waals surface area contributed by atoms with E-state index in [9.17, 15) is 5.11 Å². The number of ether oxygens (including phenoxy) is 2. The molecule has 0 aliphatic carbocycles. The van der Waals surface area contributed by atoms with Crippen molar-refractivity contribution in [2.45, 2.75) is 23.8 Å². The van der Waals surface area contributed by atoms with Crippen molar-refractivity contribution in [2.75, 3.05) is 4.43 Å². The van der Waals surface area contributed by atoms with Gasteiger partial charge in [-0.25, -0.2) is 0 Å². The van der Waals surface area contributed by atoms with Crippen LogP contribution < -0.4 is 0 Å². The molecule has 0 saturated carbocycles. The summed E-state index contributed by atoms with van der Waals surface area (Å²) in [6, 6.07) is -0.523. The fraction of sp³-hybridized carbons (Fsp3) is 0.714. The Hall–Kier alpha value is 0.255. The monoisotopic (exact) mass is 278 g/mol. The molecule has 0 spiro atoms. The lowest BCUT2D eigenvalue weighted by Gasteiger charge is -2.29. The maximum absolute atomic E-state index is 9.74. The van der Waals surface area contributed by atoms with Crippen molar-refractivity contribution in [1.82, 2.24) is 0 Å². The first-order chi connectivity index (χ1) is 5.69. The van der Waals surface area contributed by atoms with Crippen LogP contribution in [0.2, 0.25) is 0 Å². The van der Waals surface area contributed by atoms with Crippen LogP contribution in [0.4, 0.5) is 0 Å². The van der Waals surface area contributed by atoms with Crippen LogP contribution in [-0.2, 0) is 9.47 Å². The average Bonchev–Trinajstić information content (AvgIpc) is 2.23. The molecule has 2 aliphatic rings. The van der Waals surface area contributed by atoms with Crippen LogP contribution in [0, 0.1) is 0 Å². The van der Waals surface area contributed by atoms with Gasteiger partial charge in [0.15, 0.2) is 0 Å². The second-order valence-electron chi connectivity index (χ2n) is 3.02. The van der Waals surface area contributed by atoms with Gasteiger partial charge in [0.05, 0.1) is 12.3 Å². The van der Waals surface area contributed by atoms with Crippen molar-refractivity contribution in [3.63, 3.8) is 0 Å². The summed E-state index contributed by atoms with van der Waals surface area (Å²) >= 11 is 2.16. The zero-order chi connectivity index (χ0) is 8.77. The first-order valence-corrected chi connectivity index (χ1v) is 5.23. The molecule has 1 saturated heterocycles. The van der Waals surface area contributed by atoms with Gasteiger partial charge in [-0.3, -0.25) is 0 Å². The van der Waals surface area contributed by atoms with Gasteiger partial charge < -0.3 is 14.6 Å². The highest BCUT2D eigenvalue weighted by atomic mass is 127. The van der Waals surface area contributed by atoms with Gasteiger partial charge in [-0.1, -0.05) is 22.6 Å². The van der Waals surface area contributed by atoms with Crippen LogP contribution >= 0.6 is 22.6 Å². The van der Waals surface area contributed by atoms with Crippen LogP contribution in [0.3, 0.4) is 0 Å². The third kappa shape index (κ3) is 1.03. The molecule has 2 unspecified atom stereocenters. The number of fused-ring (bicyclic) bond motifs is 2. The molecule has 0 aromatic heterocycles. The van der Waals surface area contributed by atoms with Crippen molar-refractivity contribution < 1.29 is 14.6 Å². The van der Waals surface area contributed by atoms with Crippen LogP contribution in [0.15, 0.2) is 12.3 Å². The molecule has 2 rings (SSSR count). The summed E-state index contributed by atoms with van der Waals surface area (Å²) in [6.45, 7) is 0. The summed E-state index contributed by atoms with van der Waals surface area (Å²) in [6.07, 6.45) is 2.23.